The molecule has 1 aliphatic rings. The highest BCUT2D eigenvalue weighted by molar-refractivity contribution is 5.89. The van der Waals surface area contributed by atoms with E-state index in [9.17, 15) is 4.79 Å². The summed E-state index contributed by atoms with van der Waals surface area (Å²) in [6, 6.07) is 8.29. The van der Waals surface area contributed by atoms with Crippen LogP contribution in [0.2, 0.25) is 0 Å². The molecule has 1 saturated heterocycles. The van der Waals surface area contributed by atoms with Crippen molar-refractivity contribution in [2.45, 2.75) is 6.54 Å². The molecule has 0 aliphatic carbocycles. The number of H-pyrrole nitrogens is 1. The molecule has 1 fully saturated rings. The maximum absolute atomic E-state index is 12.2. The van der Waals surface area contributed by atoms with Gasteiger partial charge in [-0.1, -0.05) is 12.1 Å². The number of aromatic amines is 1. The summed E-state index contributed by atoms with van der Waals surface area (Å²) in [6.07, 6.45) is 1.47. The standard InChI is InChI=1S/C18H21N7O2.ClH/c1-27-18-22-14-10-20-24-17(26)15(14)16(23-18)21-13-4-2-12(3-5-13)11-25-8-6-19-7-9-25;/h2-5,10,19H,6-9,11H2,1H3,(H,24,26)(H,21,22,23);1H. The minimum atomic E-state index is -0.354. The van der Waals surface area contributed by atoms with E-state index in [-0.39, 0.29) is 24.0 Å². The Bertz CT molecular complexity index is 987. The van der Waals surface area contributed by atoms with Gasteiger partial charge in [0.05, 0.1) is 13.3 Å². The van der Waals surface area contributed by atoms with E-state index < -0.39 is 0 Å². The molecule has 3 aromatic rings. The molecule has 0 bridgehead atoms. The Kier molecular flexibility index (Phi) is 6.40. The third-order valence-corrected chi connectivity index (χ3v) is 4.51. The van der Waals surface area contributed by atoms with E-state index in [1.807, 2.05) is 12.1 Å². The Hall–Kier alpha value is -2.75. The largest absolute Gasteiger partial charge is 0.467 e. The van der Waals surface area contributed by atoms with Crippen molar-refractivity contribution in [3.63, 3.8) is 0 Å². The van der Waals surface area contributed by atoms with Crippen LogP contribution < -0.4 is 20.9 Å². The fourth-order valence-electron chi connectivity index (χ4n) is 3.12. The SMILES string of the molecule is COc1nc(Nc2ccc(CN3CCNCC3)cc2)c2c(=O)[nH]ncc2n1.Cl. The molecule has 0 radical (unpaired) electrons. The van der Waals surface area contributed by atoms with E-state index >= 15 is 0 Å². The summed E-state index contributed by atoms with van der Waals surface area (Å²) in [5.74, 6) is 0.385. The second-order valence-electron chi connectivity index (χ2n) is 6.37. The summed E-state index contributed by atoms with van der Waals surface area (Å²) in [5, 5.41) is 13.1. The zero-order valence-electron chi connectivity index (χ0n) is 15.4. The lowest BCUT2D eigenvalue weighted by atomic mass is 10.2. The molecule has 0 amide bonds. The highest BCUT2D eigenvalue weighted by atomic mass is 35.5. The van der Waals surface area contributed by atoms with Crippen molar-refractivity contribution in [2.24, 2.45) is 0 Å². The molecular weight excluding hydrogens is 382 g/mol. The first-order valence-corrected chi connectivity index (χ1v) is 8.81. The van der Waals surface area contributed by atoms with Crippen LogP contribution in [-0.2, 0) is 6.54 Å². The van der Waals surface area contributed by atoms with Gasteiger partial charge < -0.3 is 15.4 Å². The number of nitrogens with zero attached hydrogens (tertiary/aromatic N) is 4. The number of benzene rings is 1. The van der Waals surface area contributed by atoms with Crippen molar-refractivity contribution in [1.29, 1.82) is 0 Å². The molecule has 148 valence electrons. The predicted octanol–water partition coefficient (Wildman–Crippen LogP) is 1.29. The number of nitrogens with one attached hydrogen (secondary N) is 3. The third-order valence-electron chi connectivity index (χ3n) is 4.51. The van der Waals surface area contributed by atoms with Crippen LogP contribution in [0.4, 0.5) is 11.5 Å². The lowest BCUT2D eigenvalue weighted by molar-refractivity contribution is 0.233. The van der Waals surface area contributed by atoms with E-state index in [0.717, 1.165) is 38.4 Å². The maximum Gasteiger partial charge on any atom is 0.318 e. The first-order chi connectivity index (χ1) is 13.2. The number of hydrogen-bond acceptors (Lipinski definition) is 8. The molecule has 0 atom stereocenters. The van der Waals surface area contributed by atoms with Gasteiger partial charge in [-0.05, 0) is 17.7 Å². The second kappa shape index (κ2) is 8.96. The quantitative estimate of drug-likeness (QED) is 0.585. The minimum absolute atomic E-state index is 0. The topological polar surface area (TPSA) is 108 Å². The molecule has 2 aromatic heterocycles. The predicted molar refractivity (Wildman–Crippen MR) is 110 cm³/mol. The van der Waals surface area contributed by atoms with E-state index in [4.69, 9.17) is 4.74 Å². The lowest BCUT2D eigenvalue weighted by Gasteiger charge is -2.27. The number of anilines is 2. The summed E-state index contributed by atoms with van der Waals surface area (Å²) in [4.78, 5) is 23.1. The lowest BCUT2D eigenvalue weighted by Crippen LogP contribution is -2.42. The van der Waals surface area contributed by atoms with Crippen molar-refractivity contribution in [3.05, 3.63) is 46.4 Å². The van der Waals surface area contributed by atoms with E-state index in [2.05, 4.69) is 47.8 Å². The van der Waals surface area contributed by atoms with Crippen molar-refractivity contribution in [2.75, 3.05) is 38.6 Å². The van der Waals surface area contributed by atoms with E-state index in [1.54, 1.807) is 0 Å². The van der Waals surface area contributed by atoms with Crippen LogP contribution in [0.1, 0.15) is 5.56 Å². The van der Waals surface area contributed by atoms with Gasteiger partial charge in [-0.2, -0.15) is 15.1 Å². The molecular formula is C18H22ClN7O2. The van der Waals surface area contributed by atoms with Crippen LogP contribution in [0.25, 0.3) is 10.9 Å². The molecule has 3 heterocycles. The van der Waals surface area contributed by atoms with Gasteiger partial charge in [-0.3, -0.25) is 9.69 Å². The van der Waals surface area contributed by atoms with Gasteiger partial charge in [0.15, 0.2) is 5.82 Å². The summed E-state index contributed by atoms with van der Waals surface area (Å²) in [7, 11) is 1.48. The smallest absolute Gasteiger partial charge is 0.318 e. The molecule has 0 unspecified atom stereocenters. The first kappa shape index (κ1) is 20.0. The second-order valence-corrected chi connectivity index (χ2v) is 6.37. The normalized spacial score (nSPS) is 14.5. The summed E-state index contributed by atoms with van der Waals surface area (Å²) >= 11 is 0. The van der Waals surface area contributed by atoms with Gasteiger partial charge in [0.1, 0.15) is 10.9 Å². The molecule has 4 rings (SSSR count). The van der Waals surface area contributed by atoms with Crippen molar-refractivity contribution in [3.8, 4) is 6.01 Å². The molecule has 0 saturated carbocycles. The molecule has 10 heteroatoms. The number of halogens is 1. The van der Waals surface area contributed by atoms with Crippen LogP contribution in [-0.4, -0.2) is 58.4 Å². The Balaban J connectivity index is 0.00000225. The number of piperazine rings is 1. The zero-order chi connectivity index (χ0) is 18.6. The molecule has 28 heavy (non-hydrogen) atoms. The number of fused-ring (bicyclic) bond motifs is 1. The molecule has 0 spiro atoms. The Morgan fingerprint density at radius 1 is 1.18 bits per heavy atom. The number of rotatable bonds is 5. The van der Waals surface area contributed by atoms with Gasteiger partial charge in [-0.15, -0.1) is 12.4 Å². The van der Waals surface area contributed by atoms with Crippen molar-refractivity contribution in [1.82, 2.24) is 30.4 Å². The molecule has 1 aliphatic heterocycles. The van der Waals surface area contributed by atoms with Gasteiger partial charge in [0.25, 0.3) is 5.56 Å². The highest BCUT2D eigenvalue weighted by Crippen LogP contribution is 2.23. The van der Waals surface area contributed by atoms with Crippen LogP contribution >= 0.6 is 12.4 Å². The highest BCUT2D eigenvalue weighted by Gasteiger charge is 2.13. The van der Waals surface area contributed by atoms with Crippen molar-refractivity contribution < 1.29 is 4.74 Å². The van der Waals surface area contributed by atoms with Gasteiger partial charge in [0, 0.05) is 38.4 Å². The maximum atomic E-state index is 12.2. The zero-order valence-corrected chi connectivity index (χ0v) is 16.3. The number of methoxy groups -OCH3 is 1. The van der Waals surface area contributed by atoms with Crippen molar-refractivity contribution >= 4 is 34.8 Å². The van der Waals surface area contributed by atoms with Crippen LogP contribution in [0.3, 0.4) is 0 Å². The number of ether oxygens (including phenoxy) is 1. The average molecular weight is 404 g/mol. The first-order valence-electron chi connectivity index (χ1n) is 8.81. The van der Waals surface area contributed by atoms with Crippen LogP contribution in [0.5, 0.6) is 6.01 Å². The van der Waals surface area contributed by atoms with Crippen LogP contribution in [0.15, 0.2) is 35.3 Å². The Morgan fingerprint density at radius 3 is 2.64 bits per heavy atom. The monoisotopic (exact) mass is 403 g/mol. The Morgan fingerprint density at radius 2 is 1.93 bits per heavy atom. The van der Waals surface area contributed by atoms with Gasteiger partial charge in [-0.25, -0.2) is 5.10 Å². The third kappa shape index (κ3) is 4.38. The number of aromatic nitrogens is 4. The molecule has 3 N–H and O–H groups in total. The number of hydrogen-bond donors (Lipinski definition) is 3. The average Bonchev–Trinajstić information content (AvgIpc) is 2.70. The summed E-state index contributed by atoms with van der Waals surface area (Å²) in [6.45, 7) is 5.11. The minimum Gasteiger partial charge on any atom is -0.467 e. The van der Waals surface area contributed by atoms with Crippen LogP contribution in [0, 0.1) is 0 Å². The van der Waals surface area contributed by atoms with E-state index in [1.165, 1.54) is 18.9 Å². The fraction of sp³-hybridized carbons (Fsp3) is 0.333. The summed E-state index contributed by atoms with van der Waals surface area (Å²) < 4.78 is 5.13. The molecule has 9 nitrogen and oxygen atoms in total. The Labute approximate surface area is 167 Å². The van der Waals surface area contributed by atoms with Gasteiger partial charge >= 0.3 is 6.01 Å². The fourth-order valence-corrected chi connectivity index (χ4v) is 3.12. The van der Waals surface area contributed by atoms with Gasteiger partial charge in [0.2, 0.25) is 0 Å². The van der Waals surface area contributed by atoms with E-state index in [0.29, 0.717) is 16.7 Å². The molecule has 1 aromatic carbocycles. The summed E-state index contributed by atoms with van der Waals surface area (Å²) in [5.41, 5.74) is 2.14.